The molecule has 52 heavy (non-hydrogen) atoms. The maximum Gasteiger partial charge on any atom is 0.306 e. The van der Waals surface area contributed by atoms with Gasteiger partial charge in [-0.15, -0.1) is 22.7 Å². The zero-order valence-electron chi connectivity index (χ0n) is 29.9. The van der Waals surface area contributed by atoms with Crippen LogP contribution >= 0.6 is 22.7 Å². The second-order valence-electron chi connectivity index (χ2n) is 14.1. The van der Waals surface area contributed by atoms with Crippen LogP contribution in [0.4, 0.5) is 0 Å². The maximum atomic E-state index is 12.6. The molecule has 2 aliphatic rings. The van der Waals surface area contributed by atoms with Gasteiger partial charge in [0.1, 0.15) is 12.2 Å². The third-order valence-electron chi connectivity index (χ3n) is 10.4. The number of fused-ring (bicyclic) bond motifs is 7. The van der Waals surface area contributed by atoms with Gasteiger partial charge in [0.25, 0.3) is 0 Å². The molecule has 264 valence electrons. The minimum Gasteiger partial charge on any atom is -0.457 e. The molecule has 4 aromatic carbocycles. The molecule has 6 heteroatoms. The summed E-state index contributed by atoms with van der Waals surface area (Å²) in [6, 6.07) is 26.7. The quantitative estimate of drug-likeness (QED) is 0.0931. The second-order valence-corrected chi connectivity index (χ2v) is 16.2. The van der Waals surface area contributed by atoms with Crippen LogP contribution in [-0.4, -0.2) is 11.9 Å². The Hall–Kier alpha value is -4.52. The first-order chi connectivity index (χ1) is 25.5. The van der Waals surface area contributed by atoms with Crippen LogP contribution in [-0.2, 0) is 19.1 Å². The van der Waals surface area contributed by atoms with Crippen molar-refractivity contribution >= 4 is 76.3 Å². The van der Waals surface area contributed by atoms with Gasteiger partial charge in [0.15, 0.2) is 0 Å². The normalized spacial score (nSPS) is 16.3. The minimum atomic E-state index is -0.236. The molecule has 2 aliphatic carbocycles. The van der Waals surface area contributed by atoms with Gasteiger partial charge in [-0.25, -0.2) is 0 Å². The predicted octanol–water partition coefficient (Wildman–Crippen LogP) is 13.8. The second kappa shape index (κ2) is 15.2. The molecule has 0 N–H and O–H groups in total. The first-order valence-electron chi connectivity index (χ1n) is 18.9. The van der Waals surface area contributed by atoms with Crippen molar-refractivity contribution in [1.29, 1.82) is 0 Å². The van der Waals surface area contributed by atoms with Crippen LogP contribution in [0.1, 0.15) is 113 Å². The van der Waals surface area contributed by atoms with Crippen molar-refractivity contribution in [2.24, 2.45) is 0 Å². The molecule has 2 atom stereocenters. The lowest BCUT2D eigenvalue weighted by molar-refractivity contribution is -0.150. The Bertz CT molecular complexity index is 2360. The SMILES string of the molecule is CCCCCC(=O)OC1CC=Cc2cc(-c3ccc4c(c3)sc3c5ccc(-c6ccc7c(c6)C(OC(=O)CCCCC)CC=C7)cc5sc43)ccc21. The van der Waals surface area contributed by atoms with Crippen LogP contribution in [0.2, 0.25) is 0 Å². The van der Waals surface area contributed by atoms with Crippen molar-refractivity contribution in [1.82, 2.24) is 0 Å². The van der Waals surface area contributed by atoms with E-state index in [1.807, 2.05) is 22.7 Å². The van der Waals surface area contributed by atoms with E-state index in [1.54, 1.807) is 0 Å². The number of esters is 2. The summed E-state index contributed by atoms with van der Waals surface area (Å²) in [5.41, 5.74) is 9.11. The van der Waals surface area contributed by atoms with Crippen LogP contribution in [0.15, 0.2) is 84.9 Å². The summed E-state index contributed by atoms with van der Waals surface area (Å²) in [6.45, 7) is 4.29. The average Bonchev–Trinajstić information content (AvgIpc) is 3.70. The molecule has 0 saturated heterocycles. The lowest BCUT2D eigenvalue weighted by Gasteiger charge is -2.23. The Morgan fingerprint density at radius 1 is 0.577 bits per heavy atom. The van der Waals surface area contributed by atoms with E-state index in [0.717, 1.165) is 72.8 Å². The van der Waals surface area contributed by atoms with Crippen LogP contribution in [0.25, 0.3) is 64.0 Å². The molecule has 2 unspecified atom stereocenters. The fourth-order valence-electron chi connectivity index (χ4n) is 7.58. The number of hydrogen-bond acceptors (Lipinski definition) is 6. The van der Waals surface area contributed by atoms with Gasteiger partial charge in [-0.05, 0) is 70.5 Å². The zero-order chi connectivity index (χ0) is 35.6. The highest BCUT2D eigenvalue weighted by Crippen LogP contribution is 2.46. The van der Waals surface area contributed by atoms with Crippen molar-refractivity contribution in [3.8, 4) is 22.3 Å². The first-order valence-corrected chi connectivity index (χ1v) is 20.5. The standard InChI is InChI=1S/C46H44O4S2/c1-3-5-7-15-43(47)49-39-13-10-12-34-25-30(19-22-35(34)39)32-20-23-36-41(27-32)51-46-37-24-21-33(28-42(37)52-45(36)46)31-18-17-29-11-9-14-40(38(29)26-31)50-44(48)16-8-6-4-2/h9-12,17-28,39-40H,3-8,13-16H2,1-2H3. The number of ether oxygens (including phenoxy) is 2. The molecule has 0 fully saturated rings. The predicted molar refractivity (Wildman–Crippen MR) is 219 cm³/mol. The van der Waals surface area contributed by atoms with Crippen LogP contribution in [0.5, 0.6) is 0 Å². The molecule has 0 radical (unpaired) electrons. The van der Waals surface area contributed by atoms with Gasteiger partial charge in [0, 0.05) is 57.0 Å². The van der Waals surface area contributed by atoms with E-state index < -0.39 is 0 Å². The number of rotatable bonds is 12. The van der Waals surface area contributed by atoms with Crippen molar-refractivity contribution in [2.45, 2.75) is 90.3 Å². The molecule has 0 spiro atoms. The third kappa shape index (κ3) is 6.99. The van der Waals surface area contributed by atoms with Gasteiger partial charge in [-0.1, -0.05) is 112 Å². The Kier molecular flexibility index (Phi) is 10.1. The molecule has 0 amide bonds. The monoisotopic (exact) mass is 724 g/mol. The average molecular weight is 725 g/mol. The molecule has 4 nitrogen and oxygen atoms in total. The summed E-state index contributed by atoms with van der Waals surface area (Å²) in [5.74, 6) is -0.201. The Morgan fingerprint density at radius 2 is 1.08 bits per heavy atom. The summed E-state index contributed by atoms with van der Waals surface area (Å²) in [7, 11) is 0. The van der Waals surface area contributed by atoms with Crippen LogP contribution in [0, 0.1) is 0 Å². The first kappa shape index (κ1) is 34.6. The summed E-state index contributed by atoms with van der Waals surface area (Å²) in [6.07, 6.45) is 16.5. The van der Waals surface area contributed by atoms with Crippen molar-refractivity contribution in [2.75, 3.05) is 0 Å². The number of thiophene rings is 2. The molecular weight excluding hydrogens is 681 g/mol. The third-order valence-corrected chi connectivity index (χ3v) is 12.9. The fourth-order valence-corrected chi connectivity index (χ4v) is 10.3. The van der Waals surface area contributed by atoms with Gasteiger partial charge in [-0.3, -0.25) is 9.59 Å². The number of benzene rings is 4. The number of carbonyl (C=O) groups excluding carboxylic acids is 2. The molecular formula is C46H44O4S2. The van der Waals surface area contributed by atoms with Gasteiger partial charge >= 0.3 is 11.9 Å². The molecule has 2 heterocycles. The topological polar surface area (TPSA) is 52.6 Å². The Morgan fingerprint density at radius 3 is 1.67 bits per heavy atom. The maximum absolute atomic E-state index is 12.6. The summed E-state index contributed by atoms with van der Waals surface area (Å²) < 4.78 is 17.1. The lowest BCUT2D eigenvalue weighted by atomic mass is 9.91. The van der Waals surface area contributed by atoms with Crippen molar-refractivity contribution in [3.05, 3.63) is 107 Å². The van der Waals surface area contributed by atoms with E-state index in [9.17, 15) is 9.59 Å². The van der Waals surface area contributed by atoms with Gasteiger partial charge in [0.2, 0.25) is 0 Å². The van der Waals surface area contributed by atoms with E-state index in [1.165, 1.54) is 46.3 Å². The van der Waals surface area contributed by atoms with Gasteiger partial charge < -0.3 is 9.47 Å². The summed E-state index contributed by atoms with van der Waals surface area (Å²) >= 11 is 3.73. The number of hydrogen-bond donors (Lipinski definition) is 0. The highest BCUT2D eigenvalue weighted by atomic mass is 32.1. The number of carbonyl (C=O) groups is 2. The van der Waals surface area contributed by atoms with Crippen LogP contribution < -0.4 is 0 Å². The molecule has 0 bridgehead atoms. The number of unbranched alkanes of at least 4 members (excludes halogenated alkanes) is 4. The largest absolute Gasteiger partial charge is 0.457 e. The van der Waals surface area contributed by atoms with Crippen LogP contribution in [0.3, 0.4) is 0 Å². The zero-order valence-corrected chi connectivity index (χ0v) is 31.5. The summed E-state index contributed by atoms with van der Waals surface area (Å²) in [4.78, 5) is 25.1. The van der Waals surface area contributed by atoms with E-state index >= 15 is 0 Å². The van der Waals surface area contributed by atoms with E-state index in [0.29, 0.717) is 19.3 Å². The van der Waals surface area contributed by atoms with E-state index in [-0.39, 0.29) is 24.1 Å². The van der Waals surface area contributed by atoms with E-state index in [4.69, 9.17) is 9.47 Å². The lowest BCUT2D eigenvalue weighted by Crippen LogP contribution is -2.13. The van der Waals surface area contributed by atoms with Crippen molar-refractivity contribution < 1.29 is 19.1 Å². The molecule has 0 saturated carbocycles. The van der Waals surface area contributed by atoms with Gasteiger partial charge in [0.05, 0.1) is 9.40 Å². The Balaban J connectivity index is 1.03. The highest BCUT2D eigenvalue weighted by Gasteiger charge is 2.23. The Labute approximate surface area is 313 Å². The minimum absolute atomic E-state index is 0.0994. The van der Waals surface area contributed by atoms with E-state index in [2.05, 4.69) is 111 Å². The highest BCUT2D eigenvalue weighted by molar-refractivity contribution is 7.36. The molecule has 8 rings (SSSR count). The smallest absolute Gasteiger partial charge is 0.306 e. The van der Waals surface area contributed by atoms with Crippen molar-refractivity contribution in [3.63, 3.8) is 0 Å². The molecule has 6 aromatic rings. The molecule has 2 aromatic heterocycles. The van der Waals surface area contributed by atoms with Gasteiger partial charge in [-0.2, -0.15) is 0 Å². The fraction of sp³-hybridized carbons (Fsp3) is 0.304. The summed E-state index contributed by atoms with van der Waals surface area (Å²) in [5, 5.41) is 2.59. The molecule has 0 aliphatic heterocycles.